The fraction of sp³-hybridized carbons (Fsp3) is 0.200. The first-order valence-corrected chi connectivity index (χ1v) is 7.91. The van der Waals surface area contributed by atoms with Crippen molar-refractivity contribution in [2.75, 3.05) is 7.11 Å². The van der Waals surface area contributed by atoms with Crippen LogP contribution in [0.15, 0.2) is 71.3 Å². The van der Waals surface area contributed by atoms with Gasteiger partial charge in [-0.3, -0.25) is 4.98 Å². The van der Waals surface area contributed by atoms with Crippen LogP contribution in [0.25, 0.3) is 0 Å². The molecule has 2 heterocycles. The topological polar surface area (TPSA) is 108 Å². The average molecular weight is 344 g/mol. The first-order chi connectivity index (χ1) is 13.1. The van der Waals surface area contributed by atoms with Crippen molar-refractivity contribution in [1.82, 2.24) is 4.98 Å². The number of hydrogen-bond donors (Lipinski definition) is 1. The van der Waals surface area contributed by atoms with Gasteiger partial charge < -0.3 is 10.5 Å². The number of rotatable bonds is 4. The number of nitrogens with zero attached hydrogens (tertiary/aromatic N) is 4. The summed E-state index contributed by atoms with van der Waals surface area (Å²) < 4.78 is 14.1. The maximum atomic E-state index is 10.2. The Morgan fingerprint density at radius 2 is 2.04 bits per heavy atom. The summed E-state index contributed by atoms with van der Waals surface area (Å²) in [6, 6.07) is 16.7. The summed E-state index contributed by atoms with van der Waals surface area (Å²) in [6.07, 6.45) is 2.09. The number of methoxy groups -OCH3 is 1. The standard InChI is InChI=1S/C20H17N5O/c1-26-18-16(11-21)17(15-8-5-9-24-12-15)20(13-22,19(23)25-18)10-14-6-3-2-4-7-14/h2-9,12,17H,10H2,1H3,(H2,23,25)/i10D. The van der Waals surface area contributed by atoms with Gasteiger partial charge in [-0.05, 0) is 23.6 Å². The normalized spacial score (nSPS) is 23.9. The van der Waals surface area contributed by atoms with Crippen LogP contribution in [0.2, 0.25) is 0 Å². The number of nitriles is 2. The van der Waals surface area contributed by atoms with Crippen molar-refractivity contribution in [2.45, 2.75) is 12.3 Å². The molecule has 0 fully saturated rings. The van der Waals surface area contributed by atoms with E-state index in [0.717, 1.165) is 0 Å². The number of pyridine rings is 1. The zero-order valence-electron chi connectivity index (χ0n) is 15.1. The van der Waals surface area contributed by atoms with Gasteiger partial charge in [0.1, 0.15) is 22.9 Å². The Morgan fingerprint density at radius 1 is 1.27 bits per heavy atom. The van der Waals surface area contributed by atoms with E-state index in [2.05, 4.69) is 22.1 Å². The highest BCUT2D eigenvalue weighted by Gasteiger charge is 2.50. The fourth-order valence-electron chi connectivity index (χ4n) is 3.13. The minimum absolute atomic E-state index is 0.0509. The Balaban J connectivity index is 2.31. The molecule has 0 saturated heterocycles. The van der Waals surface area contributed by atoms with E-state index in [-0.39, 0.29) is 17.3 Å². The molecular weight excluding hydrogens is 326 g/mol. The predicted octanol–water partition coefficient (Wildman–Crippen LogP) is 2.67. The number of aliphatic imine (C=N–C) groups is 1. The van der Waals surface area contributed by atoms with E-state index in [1.807, 2.05) is 6.07 Å². The molecule has 128 valence electrons. The second-order valence-electron chi connectivity index (χ2n) is 5.79. The van der Waals surface area contributed by atoms with Gasteiger partial charge in [-0.1, -0.05) is 36.4 Å². The minimum Gasteiger partial charge on any atom is -0.480 e. The Morgan fingerprint density at radius 3 is 2.62 bits per heavy atom. The third-order valence-electron chi connectivity index (χ3n) is 4.33. The van der Waals surface area contributed by atoms with Crippen molar-refractivity contribution >= 4 is 5.84 Å². The van der Waals surface area contributed by atoms with E-state index < -0.39 is 17.7 Å². The van der Waals surface area contributed by atoms with Gasteiger partial charge in [-0.15, -0.1) is 0 Å². The monoisotopic (exact) mass is 344 g/mol. The number of aromatic nitrogens is 1. The summed E-state index contributed by atoms with van der Waals surface area (Å²) in [5.74, 6) is -0.843. The van der Waals surface area contributed by atoms with Gasteiger partial charge in [0.25, 0.3) is 0 Å². The van der Waals surface area contributed by atoms with Crippen molar-refractivity contribution in [2.24, 2.45) is 16.1 Å². The number of benzene rings is 1. The molecular formula is C20H17N5O. The van der Waals surface area contributed by atoms with Crippen LogP contribution in [-0.2, 0) is 11.1 Å². The summed E-state index contributed by atoms with van der Waals surface area (Å²) in [5, 5.41) is 20.0. The van der Waals surface area contributed by atoms with Crippen LogP contribution in [-0.4, -0.2) is 17.9 Å². The number of nitrogens with two attached hydrogens (primary N) is 1. The number of amidine groups is 1. The summed E-state index contributed by atoms with van der Waals surface area (Å²) >= 11 is 0. The highest BCUT2D eigenvalue weighted by Crippen LogP contribution is 2.47. The van der Waals surface area contributed by atoms with E-state index in [1.165, 1.54) is 7.11 Å². The van der Waals surface area contributed by atoms with Crippen LogP contribution in [0.5, 0.6) is 0 Å². The van der Waals surface area contributed by atoms with Gasteiger partial charge in [0.2, 0.25) is 5.88 Å². The van der Waals surface area contributed by atoms with Crippen LogP contribution < -0.4 is 5.73 Å². The van der Waals surface area contributed by atoms with E-state index in [0.29, 0.717) is 11.1 Å². The predicted molar refractivity (Wildman–Crippen MR) is 96.4 cm³/mol. The average Bonchev–Trinajstić information content (AvgIpc) is 2.73. The van der Waals surface area contributed by atoms with Crippen LogP contribution in [0, 0.1) is 28.1 Å². The van der Waals surface area contributed by atoms with E-state index in [4.69, 9.17) is 11.8 Å². The summed E-state index contributed by atoms with van der Waals surface area (Å²) in [4.78, 5) is 8.28. The lowest BCUT2D eigenvalue weighted by Gasteiger charge is -2.37. The maximum Gasteiger partial charge on any atom is 0.229 e. The molecule has 1 aliphatic rings. The molecule has 2 N–H and O–H groups in total. The first kappa shape index (κ1) is 15.9. The molecule has 3 unspecified atom stereocenters. The Bertz CT molecular complexity index is 975. The third kappa shape index (κ3) is 2.78. The minimum atomic E-state index is -1.59. The molecule has 0 spiro atoms. The van der Waals surface area contributed by atoms with Crippen LogP contribution in [0.4, 0.5) is 0 Å². The largest absolute Gasteiger partial charge is 0.480 e. The second-order valence-corrected chi connectivity index (χ2v) is 5.79. The quantitative estimate of drug-likeness (QED) is 0.917. The van der Waals surface area contributed by atoms with Crippen molar-refractivity contribution in [1.29, 1.82) is 10.5 Å². The third-order valence-corrected chi connectivity index (χ3v) is 4.33. The molecule has 0 bridgehead atoms. The molecule has 0 saturated carbocycles. The molecule has 6 nitrogen and oxygen atoms in total. The number of allylic oxidation sites excluding steroid dienone is 1. The molecule has 0 amide bonds. The maximum absolute atomic E-state index is 10.2. The Kier molecular flexibility index (Phi) is 4.32. The molecule has 1 aromatic carbocycles. The van der Waals surface area contributed by atoms with Gasteiger partial charge in [-0.25, -0.2) is 0 Å². The van der Waals surface area contributed by atoms with Crippen LogP contribution >= 0.6 is 0 Å². The van der Waals surface area contributed by atoms with Crippen LogP contribution in [0.3, 0.4) is 0 Å². The lowest BCUT2D eigenvalue weighted by atomic mass is 9.65. The lowest BCUT2D eigenvalue weighted by molar-refractivity contribution is 0.271. The van der Waals surface area contributed by atoms with Crippen molar-refractivity contribution in [3.8, 4) is 12.1 Å². The smallest absolute Gasteiger partial charge is 0.229 e. The molecule has 6 heteroatoms. The molecule has 0 radical (unpaired) electrons. The molecule has 0 aliphatic carbocycles. The van der Waals surface area contributed by atoms with Gasteiger partial charge in [0.15, 0.2) is 0 Å². The SMILES string of the molecule is [2H]C(c1ccccc1)C1(C#N)C(N)=NC(OC)=C(C#N)C1c1cccnc1. The second kappa shape index (κ2) is 7.08. The fourth-order valence-corrected chi connectivity index (χ4v) is 3.13. The Hall–Kier alpha value is -3.64. The highest BCUT2D eigenvalue weighted by atomic mass is 16.5. The zero-order chi connectivity index (χ0) is 19.4. The number of ether oxygens (including phenoxy) is 1. The molecule has 3 rings (SSSR count). The number of hydrogen-bond acceptors (Lipinski definition) is 6. The summed E-state index contributed by atoms with van der Waals surface area (Å²) in [7, 11) is 1.39. The first-order valence-electron chi connectivity index (χ1n) is 8.49. The molecule has 2 aromatic rings. The molecule has 3 atom stereocenters. The van der Waals surface area contributed by atoms with Gasteiger partial charge in [0, 0.05) is 13.8 Å². The molecule has 1 aliphatic heterocycles. The lowest BCUT2D eigenvalue weighted by Crippen LogP contribution is -2.46. The zero-order valence-corrected chi connectivity index (χ0v) is 14.1. The van der Waals surface area contributed by atoms with Gasteiger partial charge in [0.05, 0.1) is 19.1 Å². The van der Waals surface area contributed by atoms with Gasteiger partial charge in [-0.2, -0.15) is 15.5 Å². The van der Waals surface area contributed by atoms with E-state index in [1.54, 1.807) is 48.8 Å². The van der Waals surface area contributed by atoms with Crippen molar-refractivity contribution < 1.29 is 6.11 Å². The van der Waals surface area contributed by atoms with E-state index >= 15 is 0 Å². The van der Waals surface area contributed by atoms with Crippen molar-refractivity contribution in [3.05, 3.63) is 77.4 Å². The van der Waals surface area contributed by atoms with Gasteiger partial charge >= 0.3 is 0 Å². The Labute approximate surface area is 153 Å². The van der Waals surface area contributed by atoms with Crippen LogP contribution in [0.1, 0.15) is 18.4 Å². The summed E-state index contributed by atoms with van der Waals surface area (Å²) in [5.41, 5.74) is 5.99. The summed E-state index contributed by atoms with van der Waals surface area (Å²) in [6.45, 7) is 0. The molecule has 26 heavy (non-hydrogen) atoms. The molecule has 1 aromatic heterocycles. The highest BCUT2D eigenvalue weighted by molar-refractivity contribution is 5.93. The van der Waals surface area contributed by atoms with E-state index in [9.17, 15) is 10.5 Å². The van der Waals surface area contributed by atoms with Crippen molar-refractivity contribution in [3.63, 3.8) is 0 Å².